The molecule has 0 fully saturated rings. The van der Waals surface area contributed by atoms with Gasteiger partial charge in [0, 0.05) is 29.8 Å². The Bertz CT molecular complexity index is 713. The van der Waals surface area contributed by atoms with Gasteiger partial charge >= 0.3 is 0 Å². The molecule has 2 heterocycles. The molecule has 6 heteroatoms. The number of hydrogen-bond donors (Lipinski definition) is 0. The Labute approximate surface area is 134 Å². The minimum atomic E-state index is -0.382. The molecular weight excluding hydrogens is 296 g/mol. The Morgan fingerprint density at radius 2 is 2.09 bits per heavy atom. The van der Waals surface area contributed by atoms with E-state index >= 15 is 0 Å². The topological polar surface area (TPSA) is 65.5 Å². The number of aryl methyl sites for hydroxylation is 1. The number of hydrogen-bond acceptors (Lipinski definition) is 4. The van der Waals surface area contributed by atoms with Gasteiger partial charge in [0.25, 0.3) is 5.69 Å². The summed E-state index contributed by atoms with van der Waals surface area (Å²) in [5.41, 5.74) is 2.87. The monoisotopic (exact) mass is 315 g/mol. The lowest BCUT2D eigenvalue weighted by Crippen LogP contribution is -2.34. The van der Waals surface area contributed by atoms with Crippen molar-refractivity contribution in [2.75, 3.05) is 6.79 Å². The molecule has 0 unspecified atom stereocenters. The lowest BCUT2D eigenvalue weighted by atomic mass is 10.1. The number of nitrogens with zero attached hydrogens (tertiary/aromatic N) is 2. The average molecular weight is 315 g/mol. The van der Waals surface area contributed by atoms with E-state index < -0.39 is 0 Å². The first kappa shape index (κ1) is 15.4. The van der Waals surface area contributed by atoms with Gasteiger partial charge in [0.2, 0.25) is 0 Å². The molecule has 1 aliphatic rings. The van der Waals surface area contributed by atoms with E-state index in [-0.39, 0.29) is 17.4 Å². The number of benzene rings is 1. The third-order valence-electron chi connectivity index (χ3n) is 3.83. The zero-order valence-corrected chi connectivity index (χ0v) is 13.0. The lowest BCUT2D eigenvalue weighted by molar-refractivity contribution is -0.688. The molecule has 0 bridgehead atoms. The summed E-state index contributed by atoms with van der Waals surface area (Å²) < 4.78 is 12.8. The van der Waals surface area contributed by atoms with Gasteiger partial charge < -0.3 is 9.47 Å². The van der Waals surface area contributed by atoms with E-state index in [0.29, 0.717) is 18.9 Å². The zero-order valence-electron chi connectivity index (χ0n) is 13.0. The van der Waals surface area contributed by atoms with Gasteiger partial charge in [-0.1, -0.05) is 13.3 Å². The van der Waals surface area contributed by atoms with E-state index in [9.17, 15) is 10.1 Å². The molecule has 6 nitrogen and oxygen atoms in total. The van der Waals surface area contributed by atoms with Crippen LogP contribution in [0.1, 0.15) is 30.0 Å². The number of non-ortho nitro benzene ring substituents is 1. The number of rotatable bonds is 5. The highest BCUT2D eigenvalue weighted by Gasteiger charge is 2.22. The van der Waals surface area contributed by atoms with Crippen LogP contribution in [0.4, 0.5) is 5.69 Å². The molecule has 0 N–H and O–H groups in total. The number of pyridine rings is 1. The molecule has 1 aliphatic heterocycles. The van der Waals surface area contributed by atoms with Crippen molar-refractivity contribution < 1.29 is 19.0 Å². The van der Waals surface area contributed by atoms with Crippen LogP contribution >= 0.6 is 0 Å². The maximum absolute atomic E-state index is 11.1. The molecular formula is C17H19N2O4+. The first-order chi connectivity index (χ1) is 11.2. The molecule has 0 aliphatic carbocycles. The van der Waals surface area contributed by atoms with Gasteiger partial charge in [-0.25, -0.2) is 4.57 Å². The summed E-state index contributed by atoms with van der Waals surface area (Å²) in [5, 5.41) is 11.1. The SMILES string of the molecule is CCCc1cc[n+](Cc2cc([N+](=O)[O-])cc3c2OCOC3)cc1. The molecule has 0 atom stereocenters. The summed E-state index contributed by atoms with van der Waals surface area (Å²) in [6.45, 7) is 3.19. The molecule has 1 aromatic carbocycles. The Hall–Kier alpha value is -2.47. The fourth-order valence-electron chi connectivity index (χ4n) is 2.75. The van der Waals surface area contributed by atoms with Crippen LogP contribution in [-0.4, -0.2) is 11.7 Å². The highest BCUT2D eigenvalue weighted by Crippen LogP contribution is 2.32. The normalized spacial score (nSPS) is 13.3. The molecule has 0 amide bonds. The number of ether oxygens (including phenoxy) is 2. The average Bonchev–Trinajstić information content (AvgIpc) is 2.56. The molecule has 3 rings (SSSR count). The van der Waals surface area contributed by atoms with Crippen molar-refractivity contribution in [1.82, 2.24) is 0 Å². The molecule has 0 saturated carbocycles. The summed E-state index contributed by atoms with van der Waals surface area (Å²) in [7, 11) is 0. The lowest BCUT2D eigenvalue weighted by Gasteiger charge is -2.19. The van der Waals surface area contributed by atoms with Crippen molar-refractivity contribution in [3.63, 3.8) is 0 Å². The second kappa shape index (κ2) is 6.75. The third kappa shape index (κ3) is 3.48. The van der Waals surface area contributed by atoms with Crippen molar-refractivity contribution >= 4 is 5.69 Å². The molecule has 1 aromatic heterocycles. The van der Waals surface area contributed by atoms with Crippen LogP contribution in [0.5, 0.6) is 5.75 Å². The molecule has 0 radical (unpaired) electrons. The number of fused-ring (bicyclic) bond motifs is 1. The maximum Gasteiger partial charge on any atom is 0.270 e. The largest absolute Gasteiger partial charge is 0.467 e. The van der Waals surface area contributed by atoms with Gasteiger partial charge in [0.15, 0.2) is 25.7 Å². The van der Waals surface area contributed by atoms with E-state index in [4.69, 9.17) is 9.47 Å². The van der Waals surface area contributed by atoms with Gasteiger partial charge in [-0.05, 0) is 12.0 Å². The van der Waals surface area contributed by atoms with Gasteiger partial charge in [-0.3, -0.25) is 10.1 Å². The molecule has 2 aromatic rings. The van der Waals surface area contributed by atoms with Gasteiger partial charge in [0.1, 0.15) is 5.75 Å². The van der Waals surface area contributed by atoms with Gasteiger partial charge in [-0.15, -0.1) is 0 Å². The van der Waals surface area contributed by atoms with Crippen LogP contribution in [0.25, 0.3) is 0 Å². The summed E-state index contributed by atoms with van der Waals surface area (Å²) >= 11 is 0. The molecule has 0 saturated heterocycles. The van der Waals surface area contributed by atoms with E-state index in [1.165, 1.54) is 11.6 Å². The van der Waals surface area contributed by atoms with Crippen LogP contribution in [0, 0.1) is 10.1 Å². The second-order valence-electron chi connectivity index (χ2n) is 5.59. The van der Waals surface area contributed by atoms with Crippen LogP contribution in [0.3, 0.4) is 0 Å². The highest BCUT2D eigenvalue weighted by molar-refractivity contribution is 5.50. The quantitative estimate of drug-likeness (QED) is 0.483. The molecule has 120 valence electrons. The Balaban J connectivity index is 1.91. The van der Waals surface area contributed by atoms with Crippen LogP contribution < -0.4 is 9.30 Å². The summed E-state index contributed by atoms with van der Waals surface area (Å²) in [4.78, 5) is 10.7. The fourth-order valence-corrected chi connectivity index (χ4v) is 2.75. The van der Waals surface area contributed by atoms with Crippen molar-refractivity contribution in [1.29, 1.82) is 0 Å². The van der Waals surface area contributed by atoms with Crippen molar-refractivity contribution in [3.05, 3.63) is 63.5 Å². The van der Waals surface area contributed by atoms with E-state index in [0.717, 1.165) is 24.0 Å². The third-order valence-corrected chi connectivity index (χ3v) is 3.83. The molecule has 0 spiro atoms. The van der Waals surface area contributed by atoms with E-state index in [1.807, 2.05) is 17.0 Å². The smallest absolute Gasteiger partial charge is 0.270 e. The summed E-state index contributed by atoms with van der Waals surface area (Å²) in [6.07, 6.45) is 6.15. The number of aromatic nitrogens is 1. The molecule has 23 heavy (non-hydrogen) atoms. The Kier molecular flexibility index (Phi) is 4.52. The summed E-state index contributed by atoms with van der Waals surface area (Å²) in [6, 6.07) is 7.26. The Morgan fingerprint density at radius 3 is 2.78 bits per heavy atom. The predicted molar refractivity (Wildman–Crippen MR) is 83.1 cm³/mol. The first-order valence-corrected chi connectivity index (χ1v) is 7.66. The number of nitro benzene ring substituents is 1. The minimum Gasteiger partial charge on any atom is -0.467 e. The number of nitro groups is 1. The van der Waals surface area contributed by atoms with Gasteiger partial charge in [0.05, 0.1) is 17.1 Å². The maximum atomic E-state index is 11.1. The van der Waals surface area contributed by atoms with Crippen molar-refractivity contribution in [3.8, 4) is 5.75 Å². The van der Waals surface area contributed by atoms with E-state index in [1.54, 1.807) is 6.07 Å². The van der Waals surface area contributed by atoms with Crippen LogP contribution in [-0.2, 0) is 24.3 Å². The van der Waals surface area contributed by atoms with Crippen LogP contribution in [0.15, 0.2) is 36.7 Å². The van der Waals surface area contributed by atoms with Crippen molar-refractivity contribution in [2.24, 2.45) is 0 Å². The zero-order chi connectivity index (χ0) is 16.2. The van der Waals surface area contributed by atoms with Crippen LogP contribution in [0.2, 0.25) is 0 Å². The minimum absolute atomic E-state index is 0.0658. The first-order valence-electron chi connectivity index (χ1n) is 7.66. The van der Waals surface area contributed by atoms with Crippen molar-refractivity contribution in [2.45, 2.75) is 32.9 Å². The van der Waals surface area contributed by atoms with Gasteiger partial charge in [-0.2, -0.15) is 0 Å². The fraction of sp³-hybridized carbons (Fsp3) is 0.353. The Morgan fingerprint density at radius 1 is 1.30 bits per heavy atom. The summed E-state index contributed by atoms with van der Waals surface area (Å²) in [5.74, 6) is 0.701. The standard InChI is InChI=1S/C17H19N2O4/c1-2-3-13-4-6-18(7-5-13)10-14-8-16(19(20)21)9-15-11-22-12-23-17(14)15/h4-9H,2-3,10-12H2,1H3/q+1. The highest BCUT2D eigenvalue weighted by atomic mass is 16.7. The predicted octanol–water partition coefficient (Wildman–Crippen LogP) is 2.75. The van der Waals surface area contributed by atoms with E-state index in [2.05, 4.69) is 19.1 Å². The second-order valence-corrected chi connectivity index (χ2v) is 5.59.